The summed E-state index contributed by atoms with van der Waals surface area (Å²) in [6.07, 6.45) is 1.51. The van der Waals surface area contributed by atoms with Crippen LogP contribution in [0.2, 0.25) is 0 Å². The Labute approximate surface area is 83.1 Å². The summed E-state index contributed by atoms with van der Waals surface area (Å²) in [4.78, 5) is 13.2. The highest BCUT2D eigenvalue weighted by Crippen LogP contribution is 2.05. The lowest BCUT2D eigenvalue weighted by Gasteiger charge is -2.10. The van der Waals surface area contributed by atoms with E-state index in [0.29, 0.717) is 12.4 Å². The number of hydrogen-bond acceptors (Lipinski definition) is 3. The first-order valence-corrected chi connectivity index (χ1v) is 4.41. The van der Waals surface area contributed by atoms with Crippen LogP contribution in [0.15, 0.2) is 22.8 Å². The van der Waals surface area contributed by atoms with E-state index in [0.717, 1.165) is 6.54 Å². The highest BCUT2D eigenvalue weighted by molar-refractivity contribution is 5.87. The van der Waals surface area contributed by atoms with Crippen molar-refractivity contribution in [3.8, 4) is 0 Å². The smallest absolute Gasteiger partial charge is 0.321 e. The molecule has 1 heterocycles. The van der Waals surface area contributed by atoms with Crippen LogP contribution in [0.3, 0.4) is 0 Å². The molecule has 78 valence electrons. The Morgan fingerprint density at radius 2 is 2.36 bits per heavy atom. The van der Waals surface area contributed by atoms with Gasteiger partial charge in [0.2, 0.25) is 5.88 Å². The van der Waals surface area contributed by atoms with Gasteiger partial charge in [0.15, 0.2) is 0 Å². The SMILES string of the molecule is CN(C)CCNC(=O)Nc1ccco1. The number of amides is 2. The summed E-state index contributed by atoms with van der Waals surface area (Å²) in [6.45, 7) is 1.42. The fourth-order valence-corrected chi connectivity index (χ4v) is 0.899. The molecular formula is C9H15N3O2. The Morgan fingerprint density at radius 3 is 2.93 bits per heavy atom. The van der Waals surface area contributed by atoms with Crippen molar-refractivity contribution in [2.45, 2.75) is 0 Å². The fraction of sp³-hybridized carbons (Fsp3) is 0.444. The molecular weight excluding hydrogens is 182 g/mol. The number of rotatable bonds is 4. The van der Waals surface area contributed by atoms with Crippen LogP contribution < -0.4 is 10.6 Å². The first-order valence-electron chi connectivity index (χ1n) is 4.41. The summed E-state index contributed by atoms with van der Waals surface area (Å²) < 4.78 is 4.95. The molecule has 1 aromatic heterocycles. The minimum atomic E-state index is -0.248. The van der Waals surface area contributed by atoms with Crippen molar-refractivity contribution in [1.29, 1.82) is 0 Å². The predicted molar refractivity (Wildman–Crippen MR) is 54.3 cm³/mol. The van der Waals surface area contributed by atoms with Crippen molar-refractivity contribution < 1.29 is 9.21 Å². The Morgan fingerprint density at radius 1 is 1.57 bits per heavy atom. The first kappa shape index (κ1) is 10.6. The predicted octanol–water partition coefficient (Wildman–Crippen LogP) is 0.963. The van der Waals surface area contributed by atoms with Gasteiger partial charge in [-0.25, -0.2) is 4.79 Å². The number of furan rings is 1. The maximum atomic E-state index is 11.2. The third-order valence-electron chi connectivity index (χ3n) is 1.60. The second kappa shape index (κ2) is 5.29. The van der Waals surface area contributed by atoms with Gasteiger partial charge >= 0.3 is 6.03 Å². The normalized spacial score (nSPS) is 10.2. The Bertz CT molecular complexity index is 270. The van der Waals surface area contributed by atoms with E-state index in [1.165, 1.54) is 6.26 Å². The zero-order chi connectivity index (χ0) is 10.4. The molecule has 1 aromatic rings. The van der Waals surface area contributed by atoms with Crippen molar-refractivity contribution in [2.24, 2.45) is 0 Å². The van der Waals surface area contributed by atoms with Crippen LogP contribution in [0.4, 0.5) is 10.7 Å². The van der Waals surface area contributed by atoms with E-state index in [1.54, 1.807) is 12.1 Å². The highest BCUT2D eigenvalue weighted by Gasteiger charge is 2.01. The third kappa shape index (κ3) is 3.95. The largest absolute Gasteiger partial charge is 0.449 e. The van der Waals surface area contributed by atoms with Gasteiger partial charge in [-0.1, -0.05) is 0 Å². The van der Waals surface area contributed by atoms with Crippen molar-refractivity contribution in [3.05, 3.63) is 18.4 Å². The molecule has 0 fully saturated rings. The molecule has 0 atom stereocenters. The van der Waals surface area contributed by atoms with E-state index in [9.17, 15) is 4.79 Å². The number of urea groups is 1. The van der Waals surface area contributed by atoms with E-state index >= 15 is 0 Å². The van der Waals surface area contributed by atoms with Gasteiger partial charge in [-0.3, -0.25) is 5.32 Å². The molecule has 2 amide bonds. The summed E-state index contributed by atoms with van der Waals surface area (Å²) in [6, 6.07) is 3.16. The zero-order valence-corrected chi connectivity index (χ0v) is 8.41. The van der Waals surface area contributed by atoms with Crippen LogP contribution in [0, 0.1) is 0 Å². The van der Waals surface area contributed by atoms with Gasteiger partial charge in [0.1, 0.15) is 0 Å². The molecule has 1 rings (SSSR count). The number of carbonyl (C=O) groups excluding carboxylic acids is 1. The third-order valence-corrected chi connectivity index (χ3v) is 1.60. The molecule has 0 spiro atoms. The molecule has 0 saturated carbocycles. The molecule has 0 aliphatic heterocycles. The summed E-state index contributed by atoms with van der Waals surface area (Å²) in [5.41, 5.74) is 0. The Balaban J connectivity index is 2.17. The van der Waals surface area contributed by atoms with Gasteiger partial charge in [-0.2, -0.15) is 0 Å². The van der Waals surface area contributed by atoms with Crippen LogP contribution in [-0.2, 0) is 0 Å². The van der Waals surface area contributed by atoms with Crippen LogP contribution in [-0.4, -0.2) is 38.1 Å². The molecule has 5 heteroatoms. The molecule has 2 N–H and O–H groups in total. The summed E-state index contributed by atoms with van der Waals surface area (Å²) in [7, 11) is 3.90. The van der Waals surface area contributed by atoms with E-state index in [4.69, 9.17) is 4.42 Å². The number of likely N-dealkylation sites (N-methyl/N-ethyl adjacent to an activating group) is 1. The lowest BCUT2D eigenvalue weighted by molar-refractivity contribution is 0.250. The van der Waals surface area contributed by atoms with E-state index in [1.807, 2.05) is 19.0 Å². The van der Waals surface area contributed by atoms with Crippen molar-refractivity contribution in [3.63, 3.8) is 0 Å². The number of nitrogens with zero attached hydrogens (tertiary/aromatic N) is 1. The monoisotopic (exact) mass is 197 g/mol. The molecule has 0 aromatic carbocycles. The van der Waals surface area contributed by atoms with Crippen molar-refractivity contribution in [2.75, 3.05) is 32.5 Å². The Kier molecular flexibility index (Phi) is 4.00. The average molecular weight is 197 g/mol. The highest BCUT2D eigenvalue weighted by atomic mass is 16.3. The first-order chi connectivity index (χ1) is 6.68. The maximum Gasteiger partial charge on any atom is 0.321 e. The van der Waals surface area contributed by atoms with Crippen molar-refractivity contribution >= 4 is 11.9 Å². The molecule has 0 bridgehead atoms. The Hall–Kier alpha value is -1.49. The minimum absolute atomic E-state index is 0.248. The van der Waals surface area contributed by atoms with Gasteiger partial charge in [0.05, 0.1) is 6.26 Å². The van der Waals surface area contributed by atoms with Crippen LogP contribution >= 0.6 is 0 Å². The molecule has 5 nitrogen and oxygen atoms in total. The van der Waals surface area contributed by atoms with E-state index in [2.05, 4.69) is 10.6 Å². The molecule has 0 aliphatic carbocycles. The van der Waals surface area contributed by atoms with Crippen molar-refractivity contribution in [1.82, 2.24) is 10.2 Å². The average Bonchev–Trinajstić information content (AvgIpc) is 2.56. The molecule has 0 radical (unpaired) electrons. The lowest BCUT2D eigenvalue weighted by atomic mass is 10.5. The number of carbonyl (C=O) groups is 1. The van der Waals surface area contributed by atoms with Gasteiger partial charge in [-0.15, -0.1) is 0 Å². The number of nitrogens with one attached hydrogen (secondary N) is 2. The standard InChI is InChI=1S/C9H15N3O2/c1-12(2)6-5-10-9(13)11-8-4-3-7-14-8/h3-4,7H,5-6H2,1-2H3,(H2,10,11,13). The summed E-state index contributed by atoms with van der Waals surface area (Å²) >= 11 is 0. The van der Waals surface area contributed by atoms with Gasteiger partial charge in [0.25, 0.3) is 0 Å². The molecule has 0 saturated heterocycles. The lowest BCUT2D eigenvalue weighted by Crippen LogP contribution is -2.34. The van der Waals surface area contributed by atoms with Crippen LogP contribution in [0.5, 0.6) is 0 Å². The summed E-state index contributed by atoms with van der Waals surface area (Å²) in [5.74, 6) is 0.451. The van der Waals surface area contributed by atoms with Gasteiger partial charge in [-0.05, 0) is 20.2 Å². The summed E-state index contributed by atoms with van der Waals surface area (Å²) in [5, 5.41) is 5.26. The quantitative estimate of drug-likeness (QED) is 0.756. The zero-order valence-electron chi connectivity index (χ0n) is 8.41. The number of hydrogen-bond donors (Lipinski definition) is 2. The van der Waals surface area contributed by atoms with Crippen LogP contribution in [0.25, 0.3) is 0 Å². The van der Waals surface area contributed by atoms with Crippen LogP contribution in [0.1, 0.15) is 0 Å². The van der Waals surface area contributed by atoms with Gasteiger partial charge < -0.3 is 14.6 Å². The second-order valence-corrected chi connectivity index (χ2v) is 3.16. The van der Waals surface area contributed by atoms with E-state index in [-0.39, 0.29) is 6.03 Å². The molecule has 14 heavy (non-hydrogen) atoms. The van der Waals surface area contributed by atoms with E-state index < -0.39 is 0 Å². The number of anilines is 1. The minimum Gasteiger partial charge on any atom is -0.449 e. The maximum absolute atomic E-state index is 11.2. The molecule has 0 unspecified atom stereocenters. The second-order valence-electron chi connectivity index (χ2n) is 3.16. The van der Waals surface area contributed by atoms with Gasteiger partial charge in [0, 0.05) is 19.2 Å². The fourth-order valence-electron chi connectivity index (χ4n) is 0.899. The topological polar surface area (TPSA) is 57.5 Å². The molecule has 0 aliphatic rings.